The van der Waals surface area contributed by atoms with Gasteiger partial charge in [0.2, 0.25) is 11.8 Å². The van der Waals surface area contributed by atoms with Crippen LogP contribution in [-0.4, -0.2) is 57.9 Å². The van der Waals surface area contributed by atoms with Crippen molar-refractivity contribution in [1.29, 1.82) is 0 Å². The molecular formula is C13H18N2O4. The molecule has 2 aliphatic heterocycles. The van der Waals surface area contributed by atoms with Gasteiger partial charge in [-0.3, -0.25) is 9.59 Å². The van der Waals surface area contributed by atoms with Crippen LogP contribution >= 0.6 is 0 Å². The van der Waals surface area contributed by atoms with E-state index in [1.54, 1.807) is 4.90 Å². The number of amides is 2. The molecule has 3 fully saturated rings. The summed E-state index contributed by atoms with van der Waals surface area (Å²) in [7, 11) is 0. The molecule has 1 aliphatic carbocycles. The normalized spacial score (nSPS) is 31.1. The topological polar surface area (TPSA) is 77.9 Å². The van der Waals surface area contributed by atoms with Crippen LogP contribution in [0.3, 0.4) is 0 Å². The van der Waals surface area contributed by atoms with Crippen molar-refractivity contribution in [2.75, 3.05) is 13.1 Å². The van der Waals surface area contributed by atoms with Gasteiger partial charge in [-0.15, -0.1) is 0 Å². The Hall–Kier alpha value is -1.59. The summed E-state index contributed by atoms with van der Waals surface area (Å²) in [6, 6.07) is -0.364. The summed E-state index contributed by atoms with van der Waals surface area (Å²) < 4.78 is 0. The highest BCUT2D eigenvalue weighted by Gasteiger charge is 2.45. The van der Waals surface area contributed by atoms with Crippen molar-refractivity contribution >= 4 is 17.8 Å². The average molecular weight is 266 g/mol. The standard InChI is InChI=1S/C13H18N2O4/c16-11-6-8(7-15(11)9-3-4-9)12(17)14-5-1-2-10(14)13(18)19/h8-10H,1-7H2,(H,18,19)/t8?,10-/m0/s1. The van der Waals surface area contributed by atoms with E-state index < -0.39 is 12.0 Å². The monoisotopic (exact) mass is 266 g/mol. The predicted octanol–water partition coefficient (Wildman–Crippen LogP) is 0.0729. The summed E-state index contributed by atoms with van der Waals surface area (Å²) in [6.07, 6.45) is 3.57. The molecule has 0 aromatic carbocycles. The van der Waals surface area contributed by atoms with Crippen LogP contribution in [0.25, 0.3) is 0 Å². The summed E-state index contributed by atoms with van der Waals surface area (Å²) in [5, 5.41) is 9.11. The second-order valence-electron chi connectivity index (χ2n) is 5.71. The minimum atomic E-state index is -0.936. The third-order valence-corrected chi connectivity index (χ3v) is 4.32. The van der Waals surface area contributed by atoms with Gasteiger partial charge in [0, 0.05) is 25.6 Å². The number of hydrogen-bond donors (Lipinski definition) is 1. The van der Waals surface area contributed by atoms with E-state index in [-0.39, 0.29) is 24.2 Å². The number of nitrogens with zero attached hydrogens (tertiary/aromatic N) is 2. The molecule has 1 saturated carbocycles. The van der Waals surface area contributed by atoms with Gasteiger partial charge in [0.1, 0.15) is 6.04 Å². The summed E-state index contributed by atoms with van der Waals surface area (Å²) in [6.45, 7) is 0.981. The third kappa shape index (κ3) is 2.19. The lowest BCUT2D eigenvalue weighted by atomic mass is 10.1. The summed E-state index contributed by atoms with van der Waals surface area (Å²) in [5.41, 5.74) is 0. The first kappa shape index (κ1) is 12.4. The lowest BCUT2D eigenvalue weighted by molar-refractivity contribution is -0.149. The fraction of sp³-hybridized carbons (Fsp3) is 0.769. The number of carbonyl (C=O) groups excluding carboxylic acids is 2. The highest BCUT2D eigenvalue weighted by Crippen LogP contribution is 2.34. The molecule has 0 bridgehead atoms. The van der Waals surface area contributed by atoms with Gasteiger partial charge in [0.15, 0.2) is 0 Å². The van der Waals surface area contributed by atoms with Crippen molar-refractivity contribution in [2.24, 2.45) is 5.92 Å². The fourth-order valence-electron chi connectivity index (χ4n) is 3.16. The number of hydrogen-bond acceptors (Lipinski definition) is 3. The van der Waals surface area contributed by atoms with Gasteiger partial charge in [0.25, 0.3) is 0 Å². The number of rotatable bonds is 3. The van der Waals surface area contributed by atoms with E-state index in [0.717, 1.165) is 19.3 Å². The lowest BCUT2D eigenvalue weighted by Gasteiger charge is -2.24. The molecule has 1 unspecified atom stereocenters. The van der Waals surface area contributed by atoms with Crippen molar-refractivity contribution < 1.29 is 19.5 Å². The minimum absolute atomic E-state index is 0.0481. The zero-order chi connectivity index (χ0) is 13.6. The molecule has 0 aromatic rings. The van der Waals surface area contributed by atoms with Crippen molar-refractivity contribution in [3.8, 4) is 0 Å². The first-order valence-electron chi connectivity index (χ1n) is 6.90. The summed E-state index contributed by atoms with van der Waals surface area (Å²) in [5.74, 6) is -1.38. The molecule has 2 heterocycles. The fourth-order valence-corrected chi connectivity index (χ4v) is 3.16. The molecule has 2 saturated heterocycles. The van der Waals surface area contributed by atoms with Crippen molar-refractivity contribution in [3.05, 3.63) is 0 Å². The van der Waals surface area contributed by atoms with Crippen LogP contribution in [0.2, 0.25) is 0 Å². The van der Waals surface area contributed by atoms with E-state index in [0.29, 0.717) is 25.6 Å². The zero-order valence-corrected chi connectivity index (χ0v) is 10.7. The van der Waals surface area contributed by atoms with Gasteiger partial charge in [-0.1, -0.05) is 0 Å². The average Bonchev–Trinajstić information content (AvgIpc) is 2.95. The second-order valence-corrected chi connectivity index (χ2v) is 5.71. The van der Waals surface area contributed by atoms with Gasteiger partial charge in [-0.25, -0.2) is 4.79 Å². The zero-order valence-electron chi connectivity index (χ0n) is 10.7. The van der Waals surface area contributed by atoms with E-state index in [1.807, 2.05) is 0 Å². The van der Waals surface area contributed by atoms with Crippen LogP contribution in [-0.2, 0) is 14.4 Å². The van der Waals surface area contributed by atoms with Gasteiger partial charge in [-0.05, 0) is 25.7 Å². The summed E-state index contributed by atoms with van der Waals surface area (Å²) in [4.78, 5) is 38.6. The number of carbonyl (C=O) groups is 3. The van der Waals surface area contributed by atoms with Crippen LogP contribution in [0.1, 0.15) is 32.1 Å². The second kappa shape index (κ2) is 4.51. The first-order chi connectivity index (χ1) is 9.08. The Labute approximate surface area is 111 Å². The van der Waals surface area contributed by atoms with Gasteiger partial charge in [-0.2, -0.15) is 0 Å². The number of aliphatic carboxylic acids is 1. The number of carboxylic acids is 1. The van der Waals surface area contributed by atoms with Crippen LogP contribution in [0.5, 0.6) is 0 Å². The largest absolute Gasteiger partial charge is 0.480 e. The molecular weight excluding hydrogens is 248 g/mol. The van der Waals surface area contributed by atoms with Crippen LogP contribution in [0.15, 0.2) is 0 Å². The third-order valence-electron chi connectivity index (χ3n) is 4.32. The van der Waals surface area contributed by atoms with Crippen molar-refractivity contribution in [3.63, 3.8) is 0 Å². The Morgan fingerprint density at radius 2 is 1.95 bits per heavy atom. The molecule has 3 aliphatic rings. The highest BCUT2D eigenvalue weighted by atomic mass is 16.4. The van der Waals surface area contributed by atoms with Crippen LogP contribution < -0.4 is 0 Å². The maximum atomic E-state index is 12.4. The van der Waals surface area contributed by atoms with E-state index in [9.17, 15) is 14.4 Å². The molecule has 1 N–H and O–H groups in total. The first-order valence-corrected chi connectivity index (χ1v) is 6.90. The smallest absolute Gasteiger partial charge is 0.326 e. The van der Waals surface area contributed by atoms with E-state index in [2.05, 4.69) is 0 Å². The molecule has 3 rings (SSSR count). The summed E-state index contributed by atoms with van der Waals surface area (Å²) >= 11 is 0. The maximum Gasteiger partial charge on any atom is 0.326 e. The van der Waals surface area contributed by atoms with Crippen molar-refractivity contribution in [2.45, 2.75) is 44.2 Å². The Morgan fingerprint density at radius 3 is 2.58 bits per heavy atom. The van der Waals surface area contributed by atoms with E-state index >= 15 is 0 Å². The number of carboxylic acid groups (broad SMARTS) is 1. The molecule has 2 amide bonds. The van der Waals surface area contributed by atoms with Gasteiger partial charge < -0.3 is 14.9 Å². The Bertz CT molecular complexity index is 432. The molecule has 0 spiro atoms. The molecule has 2 atom stereocenters. The predicted molar refractivity (Wildman–Crippen MR) is 65.2 cm³/mol. The van der Waals surface area contributed by atoms with Gasteiger partial charge >= 0.3 is 5.97 Å². The number of likely N-dealkylation sites (tertiary alicyclic amines) is 2. The molecule has 6 heteroatoms. The Balaban J connectivity index is 1.67. The van der Waals surface area contributed by atoms with Crippen LogP contribution in [0.4, 0.5) is 0 Å². The molecule has 19 heavy (non-hydrogen) atoms. The minimum Gasteiger partial charge on any atom is -0.480 e. The highest BCUT2D eigenvalue weighted by molar-refractivity contribution is 5.91. The van der Waals surface area contributed by atoms with E-state index in [4.69, 9.17) is 5.11 Å². The maximum absolute atomic E-state index is 12.4. The Morgan fingerprint density at radius 1 is 1.21 bits per heavy atom. The Kier molecular flexibility index (Phi) is 2.95. The quantitative estimate of drug-likeness (QED) is 0.784. The molecule has 104 valence electrons. The SMILES string of the molecule is O=C(O)[C@@H]1CCCN1C(=O)C1CC(=O)N(C2CC2)C1. The van der Waals surface area contributed by atoms with E-state index in [1.165, 1.54) is 4.90 Å². The molecule has 6 nitrogen and oxygen atoms in total. The van der Waals surface area contributed by atoms with Crippen molar-refractivity contribution in [1.82, 2.24) is 9.80 Å². The van der Waals surface area contributed by atoms with Gasteiger partial charge in [0.05, 0.1) is 5.92 Å². The van der Waals surface area contributed by atoms with Crippen LogP contribution in [0, 0.1) is 5.92 Å². The lowest BCUT2D eigenvalue weighted by Crippen LogP contribution is -2.44. The molecule has 0 aromatic heterocycles. The molecule has 0 radical (unpaired) electrons.